The molecule has 20 heavy (non-hydrogen) atoms. The molecule has 0 amide bonds. The lowest BCUT2D eigenvalue weighted by Gasteiger charge is -2.43. The lowest BCUT2D eigenvalue weighted by atomic mass is 9.75. The fourth-order valence-corrected chi connectivity index (χ4v) is 4.21. The van der Waals surface area contributed by atoms with Gasteiger partial charge in [-0.2, -0.15) is 0 Å². The van der Waals surface area contributed by atoms with Gasteiger partial charge in [0.2, 0.25) is 0 Å². The summed E-state index contributed by atoms with van der Waals surface area (Å²) >= 11 is 6.16. The van der Waals surface area contributed by atoms with Crippen LogP contribution in [-0.4, -0.2) is 20.1 Å². The molecule has 2 aliphatic rings. The number of nitrogens with one attached hydrogen (secondary N) is 1. The second-order valence-electron chi connectivity index (χ2n) is 6.34. The van der Waals surface area contributed by atoms with Gasteiger partial charge in [-0.15, -0.1) is 0 Å². The van der Waals surface area contributed by atoms with Gasteiger partial charge in [0.05, 0.1) is 0 Å². The van der Waals surface area contributed by atoms with Crippen molar-refractivity contribution in [1.82, 2.24) is 5.32 Å². The molecule has 0 bridgehead atoms. The van der Waals surface area contributed by atoms with Crippen molar-refractivity contribution >= 4 is 17.3 Å². The fourth-order valence-electron chi connectivity index (χ4n) is 4.01. The zero-order chi connectivity index (χ0) is 13.9. The van der Waals surface area contributed by atoms with Gasteiger partial charge in [0.1, 0.15) is 0 Å². The van der Waals surface area contributed by atoms with E-state index >= 15 is 0 Å². The molecule has 1 N–H and O–H groups in total. The van der Waals surface area contributed by atoms with E-state index in [4.69, 9.17) is 11.6 Å². The van der Waals surface area contributed by atoms with Crippen LogP contribution in [0.15, 0.2) is 18.2 Å². The molecule has 1 aliphatic heterocycles. The first-order valence-electron chi connectivity index (χ1n) is 7.96. The van der Waals surface area contributed by atoms with Crippen LogP contribution in [0.25, 0.3) is 0 Å². The average molecular weight is 293 g/mol. The number of rotatable bonds is 3. The fraction of sp³-hybridized carbons (Fsp3) is 0.647. The van der Waals surface area contributed by atoms with Gasteiger partial charge in [-0.3, -0.25) is 0 Å². The first-order chi connectivity index (χ1) is 9.78. The van der Waals surface area contributed by atoms with Gasteiger partial charge in [0.15, 0.2) is 0 Å². The summed E-state index contributed by atoms with van der Waals surface area (Å²) in [4.78, 5) is 2.59. The summed E-state index contributed by atoms with van der Waals surface area (Å²) in [7, 11) is 2.00. The van der Waals surface area contributed by atoms with Crippen LogP contribution in [0.1, 0.15) is 37.7 Å². The summed E-state index contributed by atoms with van der Waals surface area (Å²) in [6.07, 6.45) is 7.14. The summed E-state index contributed by atoms with van der Waals surface area (Å²) in [6.45, 7) is 3.34. The minimum atomic E-state index is 0.839. The molecule has 2 atom stereocenters. The Morgan fingerprint density at radius 1 is 1.20 bits per heavy atom. The van der Waals surface area contributed by atoms with Crippen LogP contribution in [-0.2, 0) is 6.54 Å². The average Bonchev–Trinajstić information content (AvgIpc) is 2.47. The van der Waals surface area contributed by atoms with Crippen molar-refractivity contribution < 1.29 is 0 Å². The van der Waals surface area contributed by atoms with Crippen molar-refractivity contribution in [1.29, 1.82) is 0 Å². The highest BCUT2D eigenvalue weighted by Gasteiger charge is 2.31. The third-order valence-corrected chi connectivity index (χ3v) is 5.28. The number of fused-ring (bicyclic) bond motifs is 1. The molecule has 2 unspecified atom stereocenters. The second kappa shape index (κ2) is 6.36. The van der Waals surface area contributed by atoms with E-state index in [0.717, 1.165) is 23.4 Å². The molecule has 1 saturated heterocycles. The number of hydrogen-bond acceptors (Lipinski definition) is 2. The highest BCUT2D eigenvalue weighted by Crippen LogP contribution is 2.38. The third kappa shape index (κ3) is 2.96. The van der Waals surface area contributed by atoms with E-state index in [9.17, 15) is 0 Å². The quantitative estimate of drug-likeness (QED) is 0.903. The van der Waals surface area contributed by atoms with E-state index in [0.29, 0.717) is 0 Å². The maximum absolute atomic E-state index is 6.16. The molecule has 3 heteroatoms. The Labute approximate surface area is 127 Å². The van der Waals surface area contributed by atoms with Gasteiger partial charge in [0, 0.05) is 30.3 Å². The molecule has 110 valence electrons. The van der Waals surface area contributed by atoms with Crippen molar-refractivity contribution in [2.24, 2.45) is 11.8 Å². The molecule has 1 saturated carbocycles. The number of benzene rings is 1. The van der Waals surface area contributed by atoms with Gasteiger partial charge in [-0.25, -0.2) is 0 Å². The predicted molar refractivity (Wildman–Crippen MR) is 86.5 cm³/mol. The molecule has 1 aromatic carbocycles. The number of hydrogen-bond donors (Lipinski definition) is 1. The van der Waals surface area contributed by atoms with Crippen molar-refractivity contribution in [2.75, 3.05) is 25.0 Å². The van der Waals surface area contributed by atoms with E-state index in [-0.39, 0.29) is 0 Å². The SMILES string of the molecule is CNCc1cc(Cl)ccc1N1CCC2CCCCC2C1. The highest BCUT2D eigenvalue weighted by molar-refractivity contribution is 6.30. The topological polar surface area (TPSA) is 15.3 Å². The zero-order valence-electron chi connectivity index (χ0n) is 12.4. The van der Waals surface area contributed by atoms with E-state index in [1.807, 2.05) is 13.1 Å². The van der Waals surface area contributed by atoms with E-state index in [1.165, 1.54) is 56.4 Å². The normalized spacial score (nSPS) is 26.4. The van der Waals surface area contributed by atoms with Crippen LogP contribution in [0.3, 0.4) is 0 Å². The molecule has 0 spiro atoms. The maximum atomic E-state index is 6.16. The Morgan fingerprint density at radius 2 is 2.00 bits per heavy atom. The molecule has 2 fully saturated rings. The maximum Gasteiger partial charge on any atom is 0.0412 e. The lowest BCUT2D eigenvalue weighted by Crippen LogP contribution is -2.42. The largest absolute Gasteiger partial charge is 0.371 e. The van der Waals surface area contributed by atoms with E-state index in [2.05, 4.69) is 22.3 Å². The Bertz CT molecular complexity index is 460. The number of anilines is 1. The molecule has 1 heterocycles. The summed E-state index contributed by atoms with van der Waals surface area (Å²) < 4.78 is 0. The number of halogens is 1. The van der Waals surface area contributed by atoms with Gasteiger partial charge < -0.3 is 10.2 Å². The van der Waals surface area contributed by atoms with Crippen LogP contribution in [0.5, 0.6) is 0 Å². The molecule has 3 rings (SSSR count). The van der Waals surface area contributed by atoms with Crippen molar-refractivity contribution in [3.8, 4) is 0 Å². The minimum Gasteiger partial charge on any atom is -0.371 e. The number of piperidine rings is 1. The first kappa shape index (κ1) is 14.2. The second-order valence-corrected chi connectivity index (χ2v) is 6.78. The summed E-state index contributed by atoms with van der Waals surface area (Å²) in [5.74, 6) is 1.90. The molecule has 0 aromatic heterocycles. The Balaban J connectivity index is 1.78. The minimum absolute atomic E-state index is 0.839. The first-order valence-corrected chi connectivity index (χ1v) is 8.33. The zero-order valence-corrected chi connectivity index (χ0v) is 13.1. The highest BCUT2D eigenvalue weighted by atomic mass is 35.5. The monoisotopic (exact) mass is 292 g/mol. The smallest absolute Gasteiger partial charge is 0.0412 e. The Hall–Kier alpha value is -0.730. The van der Waals surface area contributed by atoms with Crippen LogP contribution in [0.4, 0.5) is 5.69 Å². The molecule has 1 aliphatic carbocycles. The van der Waals surface area contributed by atoms with Crippen LogP contribution < -0.4 is 10.2 Å². The van der Waals surface area contributed by atoms with E-state index in [1.54, 1.807) is 0 Å². The Kier molecular flexibility index (Phi) is 4.52. The van der Waals surface area contributed by atoms with Crippen molar-refractivity contribution in [3.63, 3.8) is 0 Å². The molecule has 0 radical (unpaired) electrons. The Morgan fingerprint density at radius 3 is 2.80 bits per heavy atom. The lowest BCUT2D eigenvalue weighted by molar-refractivity contribution is 0.202. The van der Waals surface area contributed by atoms with Crippen LogP contribution in [0.2, 0.25) is 5.02 Å². The number of nitrogens with zero attached hydrogens (tertiary/aromatic N) is 1. The summed E-state index contributed by atoms with van der Waals surface area (Å²) in [5, 5.41) is 4.10. The van der Waals surface area contributed by atoms with E-state index < -0.39 is 0 Å². The van der Waals surface area contributed by atoms with Crippen molar-refractivity contribution in [3.05, 3.63) is 28.8 Å². The molecule has 2 nitrogen and oxygen atoms in total. The van der Waals surface area contributed by atoms with Crippen LogP contribution in [0, 0.1) is 11.8 Å². The van der Waals surface area contributed by atoms with Crippen LogP contribution >= 0.6 is 11.6 Å². The summed E-state index contributed by atoms with van der Waals surface area (Å²) in [5.41, 5.74) is 2.71. The van der Waals surface area contributed by atoms with Gasteiger partial charge in [0.25, 0.3) is 0 Å². The van der Waals surface area contributed by atoms with Gasteiger partial charge in [-0.05, 0) is 55.5 Å². The van der Waals surface area contributed by atoms with Crippen molar-refractivity contribution in [2.45, 2.75) is 38.6 Å². The van der Waals surface area contributed by atoms with Gasteiger partial charge >= 0.3 is 0 Å². The van der Waals surface area contributed by atoms with Gasteiger partial charge in [-0.1, -0.05) is 30.9 Å². The molecular formula is C17H25ClN2. The standard InChI is InChI=1S/C17H25ClN2/c1-19-11-15-10-16(18)6-7-17(15)20-9-8-13-4-2-3-5-14(13)12-20/h6-7,10,13-14,19H,2-5,8-9,11-12H2,1H3. The molecule has 1 aromatic rings. The predicted octanol–water partition coefficient (Wildman–Crippen LogP) is 4.08. The molecular weight excluding hydrogens is 268 g/mol. The third-order valence-electron chi connectivity index (χ3n) is 5.04. The summed E-state index contributed by atoms with van der Waals surface area (Å²) in [6, 6.07) is 6.35.